The standard InChI is InChI=1S/C15H21N3O4/c1-10(8-11(2)19)9-16-13(20)5-6-14-17-15(18-22-14)12-4-3-7-21-12/h3-4,7,10-11,19H,5-6,8-9H2,1-2H3,(H,16,20). The molecule has 0 aliphatic heterocycles. The van der Waals surface area contributed by atoms with E-state index in [4.69, 9.17) is 8.94 Å². The summed E-state index contributed by atoms with van der Waals surface area (Å²) in [5.41, 5.74) is 0. The second-order valence-corrected chi connectivity index (χ2v) is 5.48. The molecule has 2 atom stereocenters. The van der Waals surface area contributed by atoms with Gasteiger partial charge < -0.3 is 19.4 Å². The third-order valence-corrected chi connectivity index (χ3v) is 3.17. The van der Waals surface area contributed by atoms with Gasteiger partial charge in [0, 0.05) is 19.4 Å². The summed E-state index contributed by atoms with van der Waals surface area (Å²) in [5, 5.41) is 15.9. The topological polar surface area (TPSA) is 101 Å². The minimum Gasteiger partial charge on any atom is -0.461 e. The van der Waals surface area contributed by atoms with Crippen molar-refractivity contribution in [3.8, 4) is 11.6 Å². The smallest absolute Gasteiger partial charge is 0.238 e. The fourth-order valence-corrected chi connectivity index (χ4v) is 2.12. The Bertz CT molecular complexity index is 577. The predicted octanol–water partition coefficient (Wildman–Crippen LogP) is 1.79. The SMILES string of the molecule is CC(O)CC(C)CNC(=O)CCc1nc(-c2ccco2)no1. The average molecular weight is 307 g/mol. The van der Waals surface area contributed by atoms with Crippen LogP contribution in [0.4, 0.5) is 0 Å². The van der Waals surface area contributed by atoms with Crippen molar-refractivity contribution in [2.75, 3.05) is 6.54 Å². The molecule has 0 aliphatic carbocycles. The minimum absolute atomic E-state index is 0.0739. The zero-order chi connectivity index (χ0) is 15.9. The van der Waals surface area contributed by atoms with Gasteiger partial charge in [-0.3, -0.25) is 4.79 Å². The molecule has 1 amide bonds. The van der Waals surface area contributed by atoms with E-state index in [1.807, 2.05) is 6.92 Å². The Balaban J connectivity index is 1.72. The van der Waals surface area contributed by atoms with Crippen LogP contribution in [-0.2, 0) is 11.2 Å². The van der Waals surface area contributed by atoms with E-state index >= 15 is 0 Å². The van der Waals surface area contributed by atoms with Gasteiger partial charge in [-0.2, -0.15) is 4.98 Å². The van der Waals surface area contributed by atoms with Gasteiger partial charge in [0.15, 0.2) is 5.76 Å². The number of aryl methyl sites for hydroxylation is 1. The molecule has 0 fully saturated rings. The van der Waals surface area contributed by atoms with Gasteiger partial charge in [0.25, 0.3) is 0 Å². The van der Waals surface area contributed by atoms with Crippen LogP contribution in [0.3, 0.4) is 0 Å². The summed E-state index contributed by atoms with van der Waals surface area (Å²) < 4.78 is 10.3. The van der Waals surface area contributed by atoms with Crippen LogP contribution in [0.25, 0.3) is 11.6 Å². The highest BCUT2D eigenvalue weighted by Gasteiger charge is 2.13. The summed E-state index contributed by atoms with van der Waals surface area (Å²) in [5.74, 6) is 1.48. The summed E-state index contributed by atoms with van der Waals surface area (Å²) in [7, 11) is 0. The van der Waals surface area contributed by atoms with Gasteiger partial charge in [-0.25, -0.2) is 0 Å². The fraction of sp³-hybridized carbons (Fsp3) is 0.533. The number of aromatic nitrogens is 2. The Morgan fingerprint density at radius 3 is 2.95 bits per heavy atom. The third kappa shape index (κ3) is 5.00. The normalized spacial score (nSPS) is 13.8. The molecule has 2 aromatic rings. The lowest BCUT2D eigenvalue weighted by atomic mass is 10.0. The van der Waals surface area contributed by atoms with Gasteiger partial charge in [-0.15, -0.1) is 0 Å². The molecule has 2 unspecified atom stereocenters. The third-order valence-electron chi connectivity index (χ3n) is 3.17. The molecule has 2 heterocycles. The molecule has 0 bridgehead atoms. The first-order valence-electron chi connectivity index (χ1n) is 7.36. The molecule has 2 aromatic heterocycles. The van der Waals surface area contributed by atoms with Gasteiger partial charge in [0.2, 0.25) is 17.6 Å². The summed E-state index contributed by atoms with van der Waals surface area (Å²) >= 11 is 0. The highest BCUT2D eigenvalue weighted by Crippen LogP contribution is 2.16. The Morgan fingerprint density at radius 2 is 2.27 bits per heavy atom. The highest BCUT2D eigenvalue weighted by atomic mass is 16.5. The Labute approximate surface area is 128 Å². The molecule has 7 heteroatoms. The fourth-order valence-electron chi connectivity index (χ4n) is 2.12. The number of hydrogen-bond acceptors (Lipinski definition) is 6. The number of carbonyl (C=O) groups excluding carboxylic acids is 1. The number of furan rings is 1. The molecule has 22 heavy (non-hydrogen) atoms. The first-order valence-corrected chi connectivity index (χ1v) is 7.36. The Hall–Kier alpha value is -2.15. The van der Waals surface area contributed by atoms with Gasteiger partial charge in [-0.1, -0.05) is 12.1 Å². The molecule has 120 valence electrons. The van der Waals surface area contributed by atoms with Crippen LogP contribution >= 0.6 is 0 Å². The van der Waals surface area contributed by atoms with Gasteiger partial charge in [0.05, 0.1) is 12.4 Å². The summed E-state index contributed by atoms with van der Waals surface area (Å²) in [6.07, 6.45) is 2.50. The monoisotopic (exact) mass is 307 g/mol. The second kappa shape index (κ2) is 7.74. The Kier molecular flexibility index (Phi) is 5.71. The number of nitrogens with one attached hydrogen (secondary N) is 1. The van der Waals surface area contributed by atoms with Crippen molar-refractivity contribution in [2.45, 2.75) is 39.2 Å². The quantitative estimate of drug-likeness (QED) is 0.771. The lowest BCUT2D eigenvalue weighted by molar-refractivity contribution is -0.121. The van der Waals surface area contributed by atoms with Gasteiger partial charge in [-0.05, 0) is 31.4 Å². The first kappa shape index (κ1) is 16.2. The van der Waals surface area contributed by atoms with Crippen molar-refractivity contribution >= 4 is 5.91 Å². The predicted molar refractivity (Wildman–Crippen MR) is 78.8 cm³/mol. The maximum atomic E-state index is 11.8. The number of rotatable bonds is 8. The Morgan fingerprint density at radius 1 is 1.45 bits per heavy atom. The maximum Gasteiger partial charge on any atom is 0.238 e. The second-order valence-electron chi connectivity index (χ2n) is 5.48. The largest absolute Gasteiger partial charge is 0.461 e. The van der Waals surface area contributed by atoms with Crippen molar-refractivity contribution in [3.05, 3.63) is 24.3 Å². The van der Waals surface area contributed by atoms with Crippen LogP contribution < -0.4 is 5.32 Å². The van der Waals surface area contributed by atoms with Crippen LogP contribution in [0.15, 0.2) is 27.3 Å². The average Bonchev–Trinajstić information content (AvgIpc) is 3.12. The van der Waals surface area contributed by atoms with Crippen molar-refractivity contribution in [2.24, 2.45) is 5.92 Å². The molecule has 0 radical (unpaired) electrons. The number of hydrogen-bond donors (Lipinski definition) is 2. The lowest BCUT2D eigenvalue weighted by Crippen LogP contribution is -2.29. The van der Waals surface area contributed by atoms with E-state index in [9.17, 15) is 9.90 Å². The van der Waals surface area contributed by atoms with Crippen molar-refractivity contribution in [1.82, 2.24) is 15.5 Å². The van der Waals surface area contributed by atoms with E-state index in [0.29, 0.717) is 36.9 Å². The van der Waals surface area contributed by atoms with Gasteiger partial charge in [0.1, 0.15) is 0 Å². The minimum atomic E-state index is -0.356. The van der Waals surface area contributed by atoms with Crippen molar-refractivity contribution < 1.29 is 18.8 Å². The van der Waals surface area contributed by atoms with Crippen LogP contribution in [0.2, 0.25) is 0 Å². The van der Waals surface area contributed by atoms with Crippen LogP contribution in [-0.4, -0.2) is 33.8 Å². The summed E-state index contributed by atoms with van der Waals surface area (Å²) in [4.78, 5) is 15.9. The molecule has 2 N–H and O–H groups in total. The number of aliphatic hydroxyl groups is 1. The molecular formula is C15H21N3O4. The molecule has 0 saturated heterocycles. The summed E-state index contributed by atoms with van der Waals surface area (Å²) in [6, 6.07) is 3.48. The van der Waals surface area contributed by atoms with Crippen LogP contribution in [0.1, 0.15) is 32.6 Å². The van der Waals surface area contributed by atoms with Crippen molar-refractivity contribution in [1.29, 1.82) is 0 Å². The van der Waals surface area contributed by atoms with E-state index in [2.05, 4.69) is 15.5 Å². The van der Waals surface area contributed by atoms with E-state index in [1.165, 1.54) is 6.26 Å². The summed E-state index contributed by atoms with van der Waals surface area (Å²) in [6.45, 7) is 4.27. The molecule has 0 saturated carbocycles. The number of carbonyl (C=O) groups is 1. The number of amides is 1. The van der Waals surface area contributed by atoms with Crippen LogP contribution in [0, 0.1) is 5.92 Å². The molecule has 0 aliphatic rings. The van der Waals surface area contributed by atoms with Crippen LogP contribution in [0.5, 0.6) is 0 Å². The molecule has 2 rings (SSSR count). The number of aliphatic hydroxyl groups excluding tert-OH is 1. The maximum absolute atomic E-state index is 11.8. The van der Waals surface area contributed by atoms with E-state index in [-0.39, 0.29) is 24.3 Å². The zero-order valence-corrected chi connectivity index (χ0v) is 12.8. The molecular weight excluding hydrogens is 286 g/mol. The number of nitrogens with zero attached hydrogens (tertiary/aromatic N) is 2. The van der Waals surface area contributed by atoms with Gasteiger partial charge >= 0.3 is 0 Å². The highest BCUT2D eigenvalue weighted by molar-refractivity contribution is 5.76. The molecule has 0 spiro atoms. The molecule has 0 aromatic carbocycles. The molecule has 7 nitrogen and oxygen atoms in total. The first-order chi connectivity index (χ1) is 10.5. The lowest BCUT2D eigenvalue weighted by Gasteiger charge is -2.13. The van der Waals surface area contributed by atoms with E-state index < -0.39 is 0 Å². The van der Waals surface area contributed by atoms with Crippen molar-refractivity contribution in [3.63, 3.8) is 0 Å². The zero-order valence-electron chi connectivity index (χ0n) is 12.8. The van der Waals surface area contributed by atoms with E-state index in [1.54, 1.807) is 19.1 Å². The van der Waals surface area contributed by atoms with E-state index in [0.717, 1.165) is 0 Å².